The summed E-state index contributed by atoms with van der Waals surface area (Å²) in [7, 11) is 0. The van der Waals surface area contributed by atoms with E-state index in [4.69, 9.17) is 27.9 Å². The van der Waals surface area contributed by atoms with Gasteiger partial charge in [0, 0.05) is 18.1 Å². The van der Waals surface area contributed by atoms with Crippen molar-refractivity contribution in [3.8, 4) is 5.75 Å². The molecule has 1 aromatic rings. The fourth-order valence-corrected chi connectivity index (χ4v) is 2.54. The van der Waals surface area contributed by atoms with E-state index in [0.717, 1.165) is 25.9 Å². The van der Waals surface area contributed by atoms with Gasteiger partial charge in [0.2, 0.25) is 5.91 Å². The van der Waals surface area contributed by atoms with Crippen molar-refractivity contribution in [2.75, 3.05) is 26.2 Å². The molecule has 1 saturated heterocycles. The van der Waals surface area contributed by atoms with Gasteiger partial charge in [-0.2, -0.15) is 0 Å². The molecule has 20 heavy (non-hydrogen) atoms. The zero-order chi connectivity index (χ0) is 14.4. The van der Waals surface area contributed by atoms with Crippen LogP contribution in [0, 0.1) is 5.92 Å². The van der Waals surface area contributed by atoms with Gasteiger partial charge in [-0.05, 0) is 37.6 Å². The maximum atomic E-state index is 11.7. The average Bonchev–Trinajstić information content (AvgIpc) is 2.94. The molecule has 1 aliphatic rings. The Kier molecular flexibility index (Phi) is 5.95. The van der Waals surface area contributed by atoms with E-state index in [1.54, 1.807) is 18.2 Å². The number of carbonyl (C=O) groups excluding carboxylic acids is 1. The minimum Gasteiger partial charge on any atom is -0.492 e. The summed E-state index contributed by atoms with van der Waals surface area (Å²) in [5.41, 5.74) is 0. The van der Waals surface area contributed by atoms with Crippen molar-refractivity contribution in [1.82, 2.24) is 10.6 Å². The third-order valence-corrected chi connectivity index (χ3v) is 3.73. The third-order valence-electron chi connectivity index (χ3n) is 3.20. The van der Waals surface area contributed by atoms with E-state index in [-0.39, 0.29) is 11.8 Å². The maximum Gasteiger partial charge on any atom is 0.224 e. The van der Waals surface area contributed by atoms with Crippen LogP contribution in [0.1, 0.15) is 12.8 Å². The maximum absolute atomic E-state index is 11.7. The fraction of sp³-hybridized carbons (Fsp3) is 0.500. The average molecular weight is 317 g/mol. The predicted molar refractivity (Wildman–Crippen MR) is 80.6 cm³/mol. The van der Waals surface area contributed by atoms with Crippen LogP contribution in [0.25, 0.3) is 0 Å². The Labute approximate surface area is 128 Å². The molecule has 0 unspecified atom stereocenters. The summed E-state index contributed by atoms with van der Waals surface area (Å²) < 4.78 is 5.54. The summed E-state index contributed by atoms with van der Waals surface area (Å²) >= 11 is 11.8. The van der Waals surface area contributed by atoms with Gasteiger partial charge in [0.1, 0.15) is 5.75 Å². The first-order valence-corrected chi connectivity index (χ1v) is 7.48. The number of hydrogen-bond donors (Lipinski definition) is 2. The molecule has 1 aliphatic heterocycles. The van der Waals surface area contributed by atoms with Crippen LogP contribution in [-0.4, -0.2) is 32.1 Å². The quantitative estimate of drug-likeness (QED) is 0.793. The summed E-state index contributed by atoms with van der Waals surface area (Å²) in [6, 6.07) is 5.12. The Morgan fingerprint density at radius 3 is 3.00 bits per heavy atom. The SMILES string of the molecule is O=C(NCCCOc1ccc(Cl)cc1Cl)[C@H]1CCNC1. The van der Waals surface area contributed by atoms with Gasteiger partial charge < -0.3 is 15.4 Å². The minimum atomic E-state index is 0.113. The lowest BCUT2D eigenvalue weighted by Gasteiger charge is -2.11. The molecule has 0 aliphatic carbocycles. The lowest BCUT2D eigenvalue weighted by atomic mass is 10.1. The largest absolute Gasteiger partial charge is 0.492 e. The molecule has 2 N–H and O–H groups in total. The second-order valence-corrected chi connectivity index (χ2v) is 5.60. The number of nitrogens with one attached hydrogen (secondary N) is 2. The number of rotatable bonds is 6. The molecule has 4 nitrogen and oxygen atoms in total. The number of benzene rings is 1. The highest BCUT2D eigenvalue weighted by molar-refractivity contribution is 6.35. The predicted octanol–water partition coefficient (Wildman–Crippen LogP) is 2.49. The van der Waals surface area contributed by atoms with Crippen LogP contribution in [-0.2, 0) is 4.79 Å². The van der Waals surface area contributed by atoms with Crippen molar-refractivity contribution in [2.24, 2.45) is 5.92 Å². The van der Waals surface area contributed by atoms with Crippen LogP contribution in [0.4, 0.5) is 0 Å². The summed E-state index contributed by atoms with van der Waals surface area (Å²) in [6.07, 6.45) is 1.66. The van der Waals surface area contributed by atoms with E-state index >= 15 is 0 Å². The number of hydrogen-bond acceptors (Lipinski definition) is 3. The van der Waals surface area contributed by atoms with Gasteiger partial charge in [-0.1, -0.05) is 23.2 Å². The standard InChI is InChI=1S/C14H18Cl2N2O2/c15-11-2-3-13(12(16)8-11)20-7-1-5-18-14(19)10-4-6-17-9-10/h2-3,8,10,17H,1,4-7,9H2,(H,18,19)/t10-/m0/s1. The van der Waals surface area contributed by atoms with E-state index in [9.17, 15) is 4.79 Å². The number of carbonyl (C=O) groups is 1. The zero-order valence-electron chi connectivity index (χ0n) is 11.1. The van der Waals surface area contributed by atoms with E-state index < -0.39 is 0 Å². The second-order valence-electron chi connectivity index (χ2n) is 4.76. The van der Waals surface area contributed by atoms with Crippen molar-refractivity contribution < 1.29 is 9.53 Å². The molecule has 1 fully saturated rings. The molecule has 0 aromatic heterocycles. The third kappa shape index (κ3) is 4.54. The molecule has 6 heteroatoms. The topological polar surface area (TPSA) is 50.4 Å². The Balaban J connectivity index is 1.62. The molecule has 0 radical (unpaired) electrons. The molecule has 110 valence electrons. The van der Waals surface area contributed by atoms with Gasteiger partial charge >= 0.3 is 0 Å². The fourth-order valence-electron chi connectivity index (χ4n) is 2.08. The van der Waals surface area contributed by atoms with Crippen molar-refractivity contribution in [3.05, 3.63) is 28.2 Å². The minimum absolute atomic E-state index is 0.113. The summed E-state index contributed by atoms with van der Waals surface area (Å²) in [5, 5.41) is 7.18. The summed E-state index contributed by atoms with van der Waals surface area (Å²) in [6.45, 7) is 2.82. The van der Waals surface area contributed by atoms with E-state index in [1.807, 2.05) is 0 Å². The first-order valence-electron chi connectivity index (χ1n) is 6.73. The Hall–Kier alpha value is -0.970. The van der Waals surface area contributed by atoms with E-state index in [0.29, 0.717) is 28.9 Å². The highest BCUT2D eigenvalue weighted by atomic mass is 35.5. The lowest BCUT2D eigenvalue weighted by Crippen LogP contribution is -2.33. The van der Waals surface area contributed by atoms with Crippen molar-refractivity contribution >= 4 is 29.1 Å². The van der Waals surface area contributed by atoms with E-state index in [2.05, 4.69) is 10.6 Å². The van der Waals surface area contributed by atoms with Crippen LogP contribution in [0.3, 0.4) is 0 Å². The summed E-state index contributed by atoms with van der Waals surface area (Å²) in [5.74, 6) is 0.850. The zero-order valence-corrected chi connectivity index (χ0v) is 12.6. The Morgan fingerprint density at radius 2 is 2.30 bits per heavy atom. The van der Waals surface area contributed by atoms with Crippen molar-refractivity contribution in [3.63, 3.8) is 0 Å². The highest BCUT2D eigenvalue weighted by Gasteiger charge is 2.21. The molecule has 0 spiro atoms. The molecular weight excluding hydrogens is 299 g/mol. The van der Waals surface area contributed by atoms with Crippen molar-refractivity contribution in [1.29, 1.82) is 0 Å². The number of halogens is 2. The van der Waals surface area contributed by atoms with Gasteiger partial charge in [0.05, 0.1) is 17.5 Å². The van der Waals surface area contributed by atoms with Crippen LogP contribution < -0.4 is 15.4 Å². The molecule has 0 bridgehead atoms. The summed E-state index contributed by atoms with van der Waals surface area (Å²) in [4.78, 5) is 11.7. The highest BCUT2D eigenvalue weighted by Crippen LogP contribution is 2.27. The van der Waals surface area contributed by atoms with Crippen molar-refractivity contribution in [2.45, 2.75) is 12.8 Å². The first kappa shape index (κ1) is 15.4. The van der Waals surface area contributed by atoms with Crippen LogP contribution in [0.2, 0.25) is 10.0 Å². The molecule has 2 rings (SSSR count). The number of amides is 1. The van der Waals surface area contributed by atoms with Crippen LogP contribution in [0.15, 0.2) is 18.2 Å². The van der Waals surface area contributed by atoms with Gasteiger partial charge in [-0.25, -0.2) is 0 Å². The van der Waals surface area contributed by atoms with E-state index in [1.165, 1.54) is 0 Å². The Bertz CT molecular complexity index is 462. The van der Waals surface area contributed by atoms with Gasteiger partial charge in [0.15, 0.2) is 0 Å². The molecular formula is C14H18Cl2N2O2. The smallest absolute Gasteiger partial charge is 0.224 e. The van der Waals surface area contributed by atoms with Crippen LogP contribution >= 0.6 is 23.2 Å². The number of ether oxygens (including phenoxy) is 1. The second kappa shape index (κ2) is 7.72. The molecule has 1 amide bonds. The van der Waals surface area contributed by atoms with Gasteiger partial charge in [-0.3, -0.25) is 4.79 Å². The molecule has 1 atom stereocenters. The first-order chi connectivity index (χ1) is 9.66. The molecule has 0 saturated carbocycles. The molecule has 1 heterocycles. The monoisotopic (exact) mass is 316 g/mol. The Morgan fingerprint density at radius 1 is 1.45 bits per heavy atom. The normalized spacial score (nSPS) is 18.0. The molecule has 1 aromatic carbocycles. The van der Waals surface area contributed by atoms with Crippen LogP contribution in [0.5, 0.6) is 5.75 Å². The van der Waals surface area contributed by atoms with Gasteiger partial charge in [-0.15, -0.1) is 0 Å². The van der Waals surface area contributed by atoms with Gasteiger partial charge in [0.25, 0.3) is 0 Å². The lowest BCUT2D eigenvalue weighted by molar-refractivity contribution is -0.124.